The van der Waals surface area contributed by atoms with Gasteiger partial charge in [-0.15, -0.1) is 5.10 Å². The summed E-state index contributed by atoms with van der Waals surface area (Å²) in [4.78, 5) is 0. The summed E-state index contributed by atoms with van der Waals surface area (Å²) < 4.78 is 10.7. The average molecular weight is 290 g/mol. The zero-order chi connectivity index (χ0) is 15.1. The van der Waals surface area contributed by atoms with Crippen LogP contribution in [0.1, 0.15) is 25.3 Å². The number of nitrogens with zero attached hydrogens (tertiary/aromatic N) is 2. The Morgan fingerprint density at radius 1 is 1.24 bits per heavy atom. The first kappa shape index (κ1) is 15.5. The Morgan fingerprint density at radius 3 is 2.81 bits per heavy atom. The van der Waals surface area contributed by atoms with Gasteiger partial charge in [0.15, 0.2) is 0 Å². The van der Waals surface area contributed by atoms with Crippen molar-refractivity contribution in [3.8, 4) is 0 Å². The molecule has 21 heavy (non-hydrogen) atoms. The number of nitrogens with one attached hydrogen (secondary N) is 2. The molecule has 0 amide bonds. The molecule has 0 radical (unpaired) electrons. The number of hydrogen-bond donors (Lipinski definition) is 2. The monoisotopic (exact) mass is 290 g/mol. The standard InChI is InChI=1S/C15H22N4O2/c1-11(2)8-16-9-14-18-19-15(21-14)17-13-7-5-4-6-12(13)10-20-3/h4-7,11,16H,8-10H2,1-3H3,(H,17,19). The molecule has 0 unspecified atom stereocenters. The molecule has 1 aromatic carbocycles. The summed E-state index contributed by atoms with van der Waals surface area (Å²) in [6.07, 6.45) is 0. The van der Waals surface area contributed by atoms with Crippen molar-refractivity contribution in [3.63, 3.8) is 0 Å². The summed E-state index contributed by atoms with van der Waals surface area (Å²) in [5.74, 6) is 1.16. The molecular weight excluding hydrogens is 268 g/mol. The molecule has 2 N–H and O–H groups in total. The fourth-order valence-electron chi connectivity index (χ4n) is 1.88. The second-order valence-corrected chi connectivity index (χ2v) is 5.24. The Morgan fingerprint density at radius 2 is 2.05 bits per heavy atom. The highest BCUT2D eigenvalue weighted by molar-refractivity contribution is 5.57. The molecule has 6 heteroatoms. The lowest BCUT2D eigenvalue weighted by molar-refractivity contribution is 0.185. The predicted octanol–water partition coefficient (Wildman–Crippen LogP) is 2.71. The van der Waals surface area contributed by atoms with Crippen LogP contribution in [-0.4, -0.2) is 23.9 Å². The van der Waals surface area contributed by atoms with Gasteiger partial charge in [0.25, 0.3) is 0 Å². The van der Waals surface area contributed by atoms with E-state index in [1.165, 1.54) is 0 Å². The van der Waals surface area contributed by atoms with E-state index >= 15 is 0 Å². The van der Waals surface area contributed by atoms with Crippen molar-refractivity contribution in [1.29, 1.82) is 0 Å². The quantitative estimate of drug-likeness (QED) is 0.779. The number of rotatable bonds is 8. The van der Waals surface area contributed by atoms with Crippen LogP contribution in [0.2, 0.25) is 0 Å². The maximum absolute atomic E-state index is 5.57. The van der Waals surface area contributed by atoms with E-state index in [9.17, 15) is 0 Å². The van der Waals surface area contributed by atoms with Gasteiger partial charge in [-0.25, -0.2) is 0 Å². The molecule has 0 saturated carbocycles. The lowest BCUT2D eigenvalue weighted by atomic mass is 10.2. The van der Waals surface area contributed by atoms with Gasteiger partial charge < -0.3 is 19.8 Å². The molecule has 2 aromatic rings. The summed E-state index contributed by atoms with van der Waals surface area (Å²) in [6, 6.07) is 8.25. The van der Waals surface area contributed by atoms with E-state index in [1.54, 1.807) is 7.11 Å². The second kappa shape index (κ2) is 7.75. The van der Waals surface area contributed by atoms with Gasteiger partial charge >= 0.3 is 6.01 Å². The summed E-state index contributed by atoms with van der Waals surface area (Å²) in [5.41, 5.74) is 1.95. The minimum Gasteiger partial charge on any atom is -0.406 e. The van der Waals surface area contributed by atoms with Gasteiger partial charge in [0.2, 0.25) is 5.89 Å². The number of para-hydroxylation sites is 1. The highest BCUT2D eigenvalue weighted by Crippen LogP contribution is 2.20. The first-order valence-corrected chi connectivity index (χ1v) is 7.06. The summed E-state index contributed by atoms with van der Waals surface area (Å²) in [5, 5.41) is 14.4. The van der Waals surface area contributed by atoms with E-state index in [1.807, 2.05) is 24.3 Å². The minimum absolute atomic E-state index is 0.389. The van der Waals surface area contributed by atoms with E-state index < -0.39 is 0 Å². The summed E-state index contributed by atoms with van der Waals surface area (Å²) in [7, 11) is 1.67. The van der Waals surface area contributed by atoms with Gasteiger partial charge in [0, 0.05) is 18.4 Å². The smallest absolute Gasteiger partial charge is 0.320 e. The zero-order valence-electron chi connectivity index (χ0n) is 12.7. The molecule has 0 fully saturated rings. The van der Waals surface area contributed by atoms with Crippen molar-refractivity contribution in [1.82, 2.24) is 15.5 Å². The summed E-state index contributed by atoms with van der Waals surface area (Å²) >= 11 is 0. The molecule has 1 aromatic heterocycles. The number of aromatic nitrogens is 2. The molecule has 0 aliphatic carbocycles. The van der Waals surface area contributed by atoms with E-state index in [0.717, 1.165) is 17.8 Å². The molecule has 0 saturated heterocycles. The van der Waals surface area contributed by atoms with Gasteiger partial charge in [0.1, 0.15) is 0 Å². The largest absolute Gasteiger partial charge is 0.406 e. The van der Waals surface area contributed by atoms with Crippen molar-refractivity contribution in [2.24, 2.45) is 5.92 Å². The van der Waals surface area contributed by atoms with Crippen molar-refractivity contribution >= 4 is 11.7 Å². The van der Waals surface area contributed by atoms with Crippen LogP contribution in [-0.2, 0) is 17.9 Å². The fourth-order valence-corrected chi connectivity index (χ4v) is 1.88. The number of methoxy groups -OCH3 is 1. The van der Waals surface area contributed by atoms with E-state index in [4.69, 9.17) is 9.15 Å². The third-order valence-corrected chi connectivity index (χ3v) is 2.85. The molecular formula is C15H22N4O2. The van der Waals surface area contributed by atoms with E-state index in [-0.39, 0.29) is 0 Å². The third-order valence-electron chi connectivity index (χ3n) is 2.85. The van der Waals surface area contributed by atoms with E-state index in [2.05, 4.69) is 34.7 Å². The lowest BCUT2D eigenvalue weighted by Gasteiger charge is -2.08. The maximum atomic E-state index is 5.57. The van der Waals surface area contributed by atoms with Gasteiger partial charge in [0.05, 0.1) is 13.2 Å². The fraction of sp³-hybridized carbons (Fsp3) is 0.467. The molecule has 1 heterocycles. The van der Waals surface area contributed by atoms with Gasteiger partial charge in [-0.05, 0) is 18.5 Å². The third kappa shape index (κ3) is 4.84. The highest BCUT2D eigenvalue weighted by atomic mass is 16.5. The average Bonchev–Trinajstić information content (AvgIpc) is 2.88. The Bertz CT molecular complexity index is 554. The maximum Gasteiger partial charge on any atom is 0.320 e. The topological polar surface area (TPSA) is 72.2 Å². The van der Waals surface area contributed by atoms with Crippen molar-refractivity contribution < 1.29 is 9.15 Å². The predicted molar refractivity (Wildman–Crippen MR) is 81.3 cm³/mol. The lowest BCUT2D eigenvalue weighted by Crippen LogP contribution is -2.19. The Kier molecular flexibility index (Phi) is 5.71. The van der Waals surface area contributed by atoms with Crippen LogP contribution < -0.4 is 10.6 Å². The minimum atomic E-state index is 0.389. The van der Waals surface area contributed by atoms with Crippen LogP contribution >= 0.6 is 0 Å². The summed E-state index contributed by atoms with van der Waals surface area (Å²) in [6.45, 7) is 6.33. The zero-order valence-corrected chi connectivity index (χ0v) is 12.7. The van der Waals surface area contributed by atoms with Crippen molar-refractivity contribution in [2.75, 3.05) is 19.0 Å². The van der Waals surface area contributed by atoms with Crippen LogP contribution in [0.25, 0.3) is 0 Å². The number of benzene rings is 1. The van der Waals surface area contributed by atoms with E-state index in [0.29, 0.717) is 31.0 Å². The van der Waals surface area contributed by atoms with Crippen LogP contribution in [0.3, 0.4) is 0 Å². The molecule has 114 valence electrons. The van der Waals surface area contributed by atoms with Crippen molar-refractivity contribution in [2.45, 2.75) is 27.0 Å². The first-order valence-electron chi connectivity index (χ1n) is 7.06. The molecule has 0 aliphatic heterocycles. The number of ether oxygens (including phenoxy) is 1. The van der Waals surface area contributed by atoms with Gasteiger partial charge in [-0.1, -0.05) is 37.1 Å². The molecule has 0 aliphatic rings. The van der Waals surface area contributed by atoms with Crippen molar-refractivity contribution in [3.05, 3.63) is 35.7 Å². The Labute approximate surface area is 124 Å². The Balaban J connectivity index is 1.96. The molecule has 2 rings (SSSR count). The normalized spacial score (nSPS) is 11.0. The Hall–Kier alpha value is -1.92. The molecule has 0 spiro atoms. The first-order chi connectivity index (χ1) is 10.2. The molecule has 0 bridgehead atoms. The molecule has 6 nitrogen and oxygen atoms in total. The van der Waals surface area contributed by atoms with Crippen LogP contribution in [0.4, 0.5) is 11.7 Å². The van der Waals surface area contributed by atoms with Crippen LogP contribution in [0.5, 0.6) is 0 Å². The van der Waals surface area contributed by atoms with Crippen LogP contribution in [0, 0.1) is 5.92 Å². The number of anilines is 2. The number of hydrogen-bond acceptors (Lipinski definition) is 6. The molecule has 0 atom stereocenters. The second-order valence-electron chi connectivity index (χ2n) is 5.24. The SMILES string of the molecule is COCc1ccccc1Nc1nnc(CNCC(C)C)o1. The highest BCUT2D eigenvalue weighted by Gasteiger charge is 2.08. The van der Waals surface area contributed by atoms with Gasteiger partial charge in [-0.2, -0.15) is 0 Å². The van der Waals surface area contributed by atoms with Crippen LogP contribution in [0.15, 0.2) is 28.7 Å². The van der Waals surface area contributed by atoms with Gasteiger partial charge in [-0.3, -0.25) is 0 Å².